The number of hydrogen-bond donors (Lipinski definition) is 0. The van der Waals surface area contributed by atoms with E-state index in [0.717, 1.165) is 51.0 Å². The maximum atomic E-state index is 10.1. The monoisotopic (exact) mass is 634 g/mol. The van der Waals surface area contributed by atoms with Gasteiger partial charge in [-0.15, -0.1) is 0 Å². The summed E-state index contributed by atoms with van der Waals surface area (Å²) in [7, 11) is -9.15. The summed E-state index contributed by atoms with van der Waals surface area (Å²) in [6.45, 7) is 4.47. The molecule has 0 aliphatic carbocycles. The van der Waals surface area contributed by atoms with Crippen LogP contribution in [0.3, 0.4) is 0 Å². The Labute approximate surface area is 269 Å². The van der Waals surface area contributed by atoms with Gasteiger partial charge in [0, 0.05) is 0 Å². The van der Waals surface area contributed by atoms with Gasteiger partial charge in [0.25, 0.3) is 20.8 Å². The van der Waals surface area contributed by atoms with Crippen LogP contribution in [0.1, 0.15) is 168 Å². The van der Waals surface area contributed by atoms with Gasteiger partial charge in [0.1, 0.15) is 12.5 Å². The van der Waals surface area contributed by atoms with Gasteiger partial charge in [0.05, 0.1) is 0 Å². The minimum absolute atomic E-state index is 0. The first-order chi connectivity index (χ1) is 19.1. The molecule has 0 radical (unpaired) electrons. The molecule has 0 atom stereocenters. The maximum absolute atomic E-state index is 10.1. The van der Waals surface area contributed by atoms with Gasteiger partial charge in [-0.3, -0.25) is 0 Å². The van der Waals surface area contributed by atoms with E-state index in [9.17, 15) is 25.9 Å². The summed E-state index contributed by atoms with van der Waals surface area (Å²) < 4.78 is 68.7. The summed E-state index contributed by atoms with van der Waals surface area (Å²) >= 11 is 0. The van der Waals surface area contributed by atoms with Crippen LogP contribution in [0, 0.1) is 0 Å². The van der Waals surface area contributed by atoms with Crippen LogP contribution < -0.4 is 0 Å². The van der Waals surface area contributed by atoms with Crippen LogP contribution in [0.25, 0.3) is 0 Å². The molecule has 0 saturated carbocycles. The standard InChI is InChI=1S/2C15H30O4S.Mg/c2*1-2-3-4-5-6-7-8-9-10-11-12-13-14-15-19-20(16,17)18;/h2*14-15H,2-13H2,1H3,(H,16,17,18);/q;;+2/p-2/b2*15-14+;. The largest absolute Gasteiger partial charge is 2.00 e. The van der Waals surface area contributed by atoms with Crippen LogP contribution in [-0.2, 0) is 29.2 Å². The Hall–Kier alpha value is -0.334. The van der Waals surface area contributed by atoms with Crippen molar-refractivity contribution < 1.29 is 34.3 Å². The van der Waals surface area contributed by atoms with Crippen LogP contribution in [0.5, 0.6) is 0 Å². The SMILES string of the molecule is CCCCCCCCCCCCC/C=C/OS(=O)(=O)[O-].CCCCCCCCCCCCC/C=C/OS(=O)(=O)[O-].[Mg+2]. The number of hydrogen-bond acceptors (Lipinski definition) is 8. The third-order valence-electron chi connectivity index (χ3n) is 6.49. The molecule has 0 bridgehead atoms. The molecular weight excluding hydrogens is 577 g/mol. The fourth-order valence-electron chi connectivity index (χ4n) is 4.20. The topological polar surface area (TPSA) is 133 Å². The average molecular weight is 635 g/mol. The summed E-state index contributed by atoms with van der Waals surface area (Å²) in [6, 6.07) is 0. The molecule has 41 heavy (non-hydrogen) atoms. The quantitative estimate of drug-likeness (QED) is 0.0274. The minimum atomic E-state index is -4.58. The van der Waals surface area contributed by atoms with E-state index in [-0.39, 0.29) is 23.1 Å². The smallest absolute Gasteiger partial charge is 0.716 e. The average Bonchev–Trinajstić information content (AvgIpc) is 2.88. The van der Waals surface area contributed by atoms with Gasteiger partial charge >= 0.3 is 23.1 Å². The molecule has 0 aromatic rings. The van der Waals surface area contributed by atoms with E-state index in [1.54, 1.807) is 12.2 Å². The van der Waals surface area contributed by atoms with Gasteiger partial charge in [-0.2, -0.15) is 0 Å². The first kappa shape index (κ1) is 45.1. The molecular formula is C30H58MgO8S2. The molecule has 240 valence electrons. The van der Waals surface area contributed by atoms with E-state index in [1.165, 1.54) is 116 Å². The molecule has 8 nitrogen and oxygen atoms in total. The van der Waals surface area contributed by atoms with Crippen molar-refractivity contribution in [1.29, 1.82) is 0 Å². The van der Waals surface area contributed by atoms with Crippen molar-refractivity contribution in [3.8, 4) is 0 Å². The summed E-state index contributed by atoms with van der Waals surface area (Å²) in [5, 5.41) is 0. The first-order valence-corrected chi connectivity index (χ1v) is 18.4. The zero-order valence-electron chi connectivity index (χ0n) is 26.1. The Morgan fingerprint density at radius 1 is 0.439 bits per heavy atom. The van der Waals surface area contributed by atoms with Crippen LogP contribution in [0.15, 0.2) is 24.7 Å². The van der Waals surface area contributed by atoms with Crippen molar-refractivity contribution >= 4 is 43.9 Å². The fourth-order valence-corrected chi connectivity index (χ4v) is 4.63. The molecule has 0 amide bonds. The van der Waals surface area contributed by atoms with Crippen LogP contribution in [0.4, 0.5) is 0 Å². The summed E-state index contributed by atoms with van der Waals surface area (Å²) in [5.41, 5.74) is 0. The zero-order chi connectivity index (χ0) is 30.2. The second-order valence-corrected chi connectivity index (χ2v) is 12.4. The predicted octanol–water partition coefficient (Wildman–Crippen LogP) is 8.98. The van der Waals surface area contributed by atoms with Crippen LogP contribution in [-0.4, -0.2) is 49.0 Å². The third kappa shape index (κ3) is 49.7. The molecule has 0 aliphatic heterocycles. The van der Waals surface area contributed by atoms with Gasteiger partial charge in [-0.05, 0) is 37.8 Å². The van der Waals surface area contributed by atoms with Crippen molar-refractivity contribution in [3.63, 3.8) is 0 Å². The number of unbranched alkanes of at least 4 members (excludes halogenated alkanes) is 22. The molecule has 0 aliphatic rings. The number of allylic oxidation sites excluding steroid dienone is 2. The molecule has 0 aromatic carbocycles. The molecule has 0 unspecified atom stereocenters. The molecule has 0 fully saturated rings. The van der Waals surface area contributed by atoms with Crippen molar-refractivity contribution in [1.82, 2.24) is 0 Å². The normalized spacial score (nSPS) is 11.8. The fraction of sp³-hybridized carbons (Fsp3) is 0.867. The Kier molecular flexibility index (Phi) is 37.6. The van der Waals surface area contributed by atoms with E-state index >= 15 is 0 Å². The van der Waals surface area contributed by atoms with Gasteiger partial charge in [0.15, 0.2) is 0 Å². The van der Waals surface area contributed by atoms with Gasteiger partial charge in [0.2, 0.25) is 0 Å². The van der Waals surface area contributed by atoms with Crippen molar-refractivity contribution in [2.75, 3.05) is 0 Å². The van der Waals surface area contributed by atoms with E-state index in [1.807, 2.05) is 0 Å². The molecule has 0 rings (SSSR count). The molecule has 0 spiro atoms. The van der Waals surface area contributed by atoms with E-state index in [4.69, 9.17) is 0 Å². The maximum Gasteiger partial charge on any atom is 2.00 e. The van der Waals surface area contributed by atoms with Gasteiger partial charge in [-0.1, -0.05) is 142 Å². The van der Waals surface area contributed by atoms with Crippen molar-refractivity contribution in [2.45, 2.75) is 168 Å². The Balaban J connectivity index is -0.000000688. The first-order valence-electron chi connectivity index (χ1n) is 15.7. The Morgan fingerprint density at radius 3 is 0.878 bits per heavy atom. The third-order valence-corrected chi connectivity index (χ3v) is 7.18. The predicted molar refractivity (Wildman–Crippen MR) is 168 cm³/mol. The minimum Gasteiger partial charge on any atom is -0.716 e. The molecule has 0 aromatic heterocycles. The number of rotatable bonds is 28. The Morgan fingerprint density at radius 2 is 0.659 bits per heavy atom. The summed E-state index contributed by atoms with van der Waals surface area (Å²) in [6.07, 6.45) is 34.9. The van der Waals surface area contributed by atoms with Crippen LogP contribution >= 0.6 is 0 Å². The van der Waals surface area contributed by atoms with Gasteiger partial charge in [-0.25, -0.2) is 16.8 Å². The van der Waals surface area contributed by atoms with E-state index < -0.39 is 20.8 Å². The second-order valence-electron chi connectivity index (χ2n) is 10.4. The van der Waals surface area contributed by atoms with E-state index in [2.05, 4.69) is 22.2 Å². The molecule has 0 N–H and O–H groups in total. The van der Waals surface area contributed by atoms with Crippen molar-refractivity contribution in [2.24, 2.45) is 0 Å². The van der Waals surface area contributed by atoms with Crippen LogP contribution in [0.2, 0.25) is 0 Å². The van der Waals surface area contributed by atoms with Crippen molar-refractivity contribution in [3.05, 3.63) is 24.7 Å². The van der Waals surface area contributed by atoms with E-state index in [0.29, 0.717) is 0 Å². The summed E-state index contributed by atoms with van der Waals surface area (Å²) in [5.74, 6) is 0. The molecule has 11 heteroatoms. The second kappa shape index (κ2) is 34.2. The molecule has 0 heterocycles. The summed E-state index contributed by atoms with van der Waals surface area (Å²) in [4.78, 5) is 0. The Bertz CT molecular complexity index is 718. The zero-order valence-corrected chi connectivity index (χ0v) is 29.1. The van der Waals surface area contributed by atoms with Gasteiger partial charge < -0.3 is 17.5 Å². The molecule has 0 saturated heterocycles.